The van der Waals surface area contributed by atoms with Crippen LogP contribution in [0.5, 0.6) is 0 Å². The van der Waals surface area contributed by atoms with E-state index in [4.69, 9.17) is 0 Å². The smallest absolute Gasteiger partial charge is 0.271 e. The van der Waals surface area contributed by atoms with Crippen LogP contribution in [-0.2, 0) is 0 Å². The SMILES string of the molecule is CCCCNC(=O)c1cnc(Nc2cccc(Br)c2)cn1. The quantitative estimate of drug-likeness (QED) is 0.784. The second-order valence-electron chi connectivity index (χ2n) is 4.53. The largest absolute Gasteiger partial charge is 0.351 e. The van der Waals surface area contributed by atoms with Crippen molar-refractivity contribution in [1.29, 1.82) is 0 Å². The number of aromatic nitrogens is 2. The second-order valence-corrected chi connectivity index (χ2v) is 5.45. The lowest BCUT2D eigenvalue weighted by molar-refractivity contribution is 0.0948. The summed E-state index contributed by atoms with van der Waals surface area (Å²) in [6, 6.07) is 7.74. The molecule has 0 radical (unpaired) electrons. The lowest BCUT2D eigenvalue weighted by Gasteiger charge is -2.07. The number of hydrogen-bond acceptors (Lipinski definition) is 4. The van der Waals surface area contributed by atoms with E-state index in [1.54, 1.807) is 6.20 Å². The zero-order valence-corrected chi connectivity index (χ0v) is 13.4. The summed E-state index contributed by atoms with van der Waals surface area (Å²) in [6.07, 6.45) is 5.03. The van der Waals surface area contributed by atoms with Crippen molar-refractivity contribution in [1.82, 2.24) is 15.3 Å². The van der Waals surface area contributed by atoms with Crippen molar-refractivity contribution in [3.63, 3.8) is 0 Å². The Morgan fingerprint density at radius 1 is 1.29 bits per heavy atom. The van der Waals surface area contributed by atoms with Gasteiger partial charge in [0.1, 0.15) is 11.5 Å². The molecule has 2 N–H and O–H groups in total. The Kier molecular flexibility index (Phi) is 5.68. The highest BCUT2D eigenvalue weighted by Crippen LogP contribution is 2.18. The molecule has 1 aromatic heterocycles. The van der Waals surface area contributed by atoms with Gasteiger partial charge in [-0.25, -0.2) is 9.97 Å². The maximum absolute atomic E-state index is 11.8. The summed E-state index contributed by atoms with van der Waals surface area (Å²) < 4.78 is 0.979. The molecule has 1 heterocycles. The number of anilines is 2. The average Bonchev–Trinajstić information content (AvgIpc) is 2.48. The van der Waals surface area contributed by atoms with Crippen molar-refractivity contribution >= 4 is 33.3 Å². The normalized spacial score (nSPS) is 10.2. The number of amides is 1. The minimum absolute atomic E-state index is 0.190. The molecule has 2 aromatic rings. The Morgan fingerprint density at radius 3 is 2.81 bits per heavy atom. The second kappa shape index (κ2) is 7.73. The lowest BCUT2D eigenvalue weighted by Crippen LogP contribution is -2.25. The van der Waals surface area contributed by atoms with E-state index in [0.717, 1.165) is 23.0 Å². The molecule has 0 saturated carbocycles. The number of hydrogen-bond donors (Lipinski definition) is 2. The van der Waals surface area contributed by atoms with Gasteiger partial charge in [-0.3, -0.25) is 4.79 Å². The van der Waals surface area contributed by atoms with E-state index in [1.165, 1.54) is 6.20 Å². The van der Waals surface area contributed by atoms with Crippen LogP contribution in [0.1, 0.15) is 30.3 Å². The van der Waals surface area contributed by atoms with Gasteiger partial charge in [-0.05, 0) is 24.6 Å². The van der Waals surface area contributed by atoms with Crippen molar-refractivity contribution in [3.8, 4) is 0 Å². The third-order valence-corrected chi connectivity index (χ3v) is 3.29. The van der Waals surface area contributed by atoms with Crippen molar-refractivity contribution in [2.45, 2.75) is 19.8 Å². The first kappa shape index (κ1) is 15.4. The molecule has 0 aliphatic carbocycles. The van der Waals surface area contributed by atoms with E-state index in [1.807, 2.05) is 24.3 Å². The van der Waals surface area contributed by atoms with Gasteiger partial charge in [0.15, 0.2) is 0 Å². The predicted octanol–water partition coefficient (Wildman–Crippen LogP) is 3.51. The number of nitrogens with one attached hydrogen (secondary N) is 2. The maximum Gasteiger partial charge on any atom is 0.271 e. The van der Waals surface area contributed by atoms with E-state index in [9.17, 15) is 4.79 Å². The monoisotopic (exact) mass is 348 g/mol. The van der Waals surface area contributed by atoms with Gasteiger partial charge < -0.3 is 10.6 Å². The molecular formula is C15H17BrN4O. The third-order valence-electron chi connectivity index (χ3n) is 2.80. The van der Waals surface area contributed by atoms with Crippen LogP contribution in [0, 0.1) is 0 Å². The van der Waals surface area contributed by atoms with Crippen LogP contribution in [0.2, 0.25) is 0 Å². The first-order chi connectivity index (χ1) is 10.2. The van der Waals surface area contributed by atoms with Gasteiger partial charge in [0.05, 0.1) is 12.4 Å². The van der Waals surface area contributed by atoms with Crippen LogP contribution in [0.4, 0.5) is 11.5 Å². The Balaban J connectivity index is 1.97. The van der Waals surface area contributed by atoms with Crippen molar-refractivity contribution in [2.24, 2.45) is 0 Å². The summed E-state index contributed by atoms with van der Waals surface area (Å²) >= 11 is 3.41. The highest BCUT2D eigenvalue weighted by Gasteiger charge is 2.07. The fourth-order valence-corrected chi connectivity index (χ4v) is 2.09. The molecule has 0 fully saturated rings. The molecule has 1 aromatic carbocycles. The Labute approximate surface area is 132 Å². The highest BCUT2D eigenvalue weighted by molar-refractivity contribution is 9.10. The number of benzene rings is 1. The van der Waals surface area contributed by atoms with Gasteiger partial charge in [0, 0.05) is 16.7 Å². The number of nitrogens with zero attached hydrogens (tertiary/aromatic N) is 2. The number of carbonyl (C=O) groups excluding carboxylic acids is 1. The molecule has 0 unspecified atom stereocenters. The van der Waals surface area contributed by atoms with Gasteiger partial charge in [-0.2, -0.15) is 0 Å². The molecule has 1 amide bonds. The summed E-state index contributed by atoms with van der Waals surface area (Å²) in [5, 5.41) is 5.94. The molecule has 0 spiro atoms. The standard InChI is InChI=1S/C15H17BrN4O/c1-2-3-7-17-15(21)13-9-19-14(10-18-13)20-12-6-4-5-11(16)8-12/h4-6,8-10H,2-3,7H2,1H3,(H,17,21)(H,19,20). The first-order valence-electron chi connectivity index (χ1n) is 6.82. The van der Waals surface area contributed by atoms with Gasteiger partial charge in [-0.15, -0.1) is 0 Å². The molecule has 6 heteroatoms. The van der Waals surface area contributed by atoms with Gasteiger partial charge in [0.2, 0.25) is 0 Å². The number of halogens is 1. The molecule has 0 aliphatic rings. The summed E-state index contributed by atoms with van der Waals surface area (Å²) in [7, 11) is 0. The van der Waals surface area contributed by atoms with E-state index < -0.39 is 0 Å². The zero-order valence-electron chi connectivity index (χ0n) is 11.8. The Bertz CT molecular complexity index is 601. The Morgan fingerprint density at radius 2 is 2.14 bits per heavy atom. The lowest BCUT2D eigenvalue weighted by atomic mass is 10.3. The number of carbonyl (C=O) groups is 1. The molecule has 5 nitrogen and oxygen atoms in total. The molecule has 0 aliphatic heterocycles. The predicted molar refractivity (Wildman–Crippen MR) is 86.7 cm³/mol. The molecule has 110 valence electrons. The fraction of sp³-hybridized carbons (Fsp3) is 0.267. The van der Waals surface area contributed by atoms with Gasteiger partial charge in [-0.1, -0.05) is 35.3 Å². The number of unbranched alkanes of at least 4 members (excludes halogenated alkanes) is 1. The van der Waals surface area contributed by atoms with E-state index in [2.05, 4.69) is 43.5 Å². The fourth-order valence-electron chi connectivity index (χ4n) is 1.69. The van der Waals surface area contributed by atoms with Crippen molar-refractivity contribution in [3.05, 3.63) is 46.8 Å². The van der Waals surface area contributed by atoms with Crippen LogP contribution in [0.25, 0.3) is 0 Å². The summed E-state index contributed by atoms with van der Waals surface area (Å²) in [5.41, 5.74) is 1.23. The first-order valence-corrected chi connectivity index (χ1v) is 7.61. The molecule has 2 rings (SSSR count). The highest BCUT2D eigenvalue weighted by atomic mass is 79.9. The number of rotatable bonds is 6. The van der Waals surface area contributed by atoms with E-state index in [-0.39, 0.29) is 5.91 Å². The summed E-state index contributed by atoms with van der Waals surface area (Å²) in [5.74, 6) is 0.406. The van der Waals surface area contributed by atoms with Crippen LogP contribution in [-0.4, -0.2) is 22.4 Å². The molecule has 0 saturated heterocycles. The van der Waals surface area contributed by atoms with E-state index >= 15 is 0 Å². The minimum atomic E-state index is -0.190. The minimum Gasteiger partial charge on any atom is -0.351 e. The van der Waals surface area contributed by atoms with E-state index in [0.29, 0.717) is 18.1 Å². The van der Waals surface area contributed by atoms with Crippen molar-refractivity contribution in [2.75, 3.05) is 11.9 Å². The van der Waals surface area contributed by atoms with Crippen molar-refractivity contribution < 1.29 is 4.79 Å². The zero-order chi connectivity index (χ0) is 15.1. The molecule has 0 bridgehead atoms. The molecule has 0 atom stereocenters. The van der Waals surface area contributed by atoms with Crippen LogP contribution in [0.3, 0.4) is 0 Å². The van der Waals surface area contributed by atoms with Crippen LogP contribution in [0.15, 0.2) is 41.1 Å². The topological polar surface area (TPSA) is 66.9 Å². The average molecular weight is 349 g/mol. The Hall–Kier alpha value is -1.95. The summed E-state index contributed by atoms with van der Waals surface area (Å²) in [4.78, 5) is 20.1. The molecule has 21 heavy (non-hydrogen) atoms. The molecular weight excluding hydrogens is 332 g/mol. The van der Waals surface area contributed by atoms with Gasteiger partial charge in [0.25, 0.3) is 5.91 Å². The maximum atomic E-state index is 11.8. The van der Waals surface area contributed by atoms with Crippen LogP contribution >= 0.6 is 15.9 Å². The summed E-state index contributed by atoms with van der Waals surface area (Å²) in [6.45, 7) is 2.74. The van der Waals surface area contributed by atoms with Crippen LogP contribution < -0.4 is 10.6 Å². The third kappa shape index (κ3) is 4.82. The van der Waals surface area contributed by atoms with Gasteiger partial charge >= 0.3 is 0 Å².